The number of likely N-dealkylation sites (tertiary alicyclic amines) is 1. The monoisotopic (exact) mass is 407 g/mol. The van der Waals surface area contributed by atoms with E-state index in [4.69, 9.17) is 0 Å². The van der Waals surface area contributed by atoms with Crippen LogP contribution < -0.4 is 10.2 Å². The summed E-state index contributed by atoms with van der Waals surface area (Å²) >= 11 is 0. The van der Waals surface area contributed by atoms with Crippen molar-refractivity contribution >= 4 is 17.5 Å². The molecule has 30 heavy (non-hydrogen) atoms. The third kappa shape index (κ3) is 5.36. The van der Waals surface area contributed by atoms with Crippen LogP contribution in [0.2, 0.25) is 0 Å². The molecule has 6 nitrogen and oxygen atoms in total. The molecule has 0 saturated carbocycles. The maximum atomic E-state index is 12.8. The van der Waals surface area contributed by atoms with E-state index in [1.54, 1.807) is 0 Å². The van der Waals surface area contributed by atoms with Crippen LogP contribution in [-0.2, 0) is 11.3 Å². The zero-order chi connectivity index (χ0) is 20.9. The van der Waals surface area contributed by atoms with Gasteiger partial charge in [0.15, 0.2) is 0 Å². The number of aromatic nitrogens is 2. The van der Waals surface area contributed by atoms with Crippen molar-refractivity contribution in [1.29, 1.82) is 0 Å². The molecule has 2 fully saturated rings. The minimum absolute atomic E-state index is 0.0418. The summed E-state index contributed by atoms with van der Waals surface area (Å²) in [6.07, 6.45) is 5.63. The molecule has 2 saturated heterocycles. The van der Waals surface area contributed by atoms with Crippen LogP contribution in [0.4, 0.5) is 11.6 Å². The Labute approximate surface area is 179 Å². The first-order valence-electron chi connectivity index (χ1n) is 11.3. The summed E-state index contributed by atoms with van der Waals surface area (Å²) in [6, 6.07) is 10.3. The van der Waals surface area contributed by atoms with Gasteiger partial charge in [-0.15, -0.1) is 0 Å². The SMILES string of the molecule is Cc1cc(C)nc(N2CCC(C(=O)Nc3ccc(CN4CCCCC4)cc3)CC2)n1. The van der Waals surface area contributed by atoms with Crippen molar-refractivity contribution < 1.29 is 4.79 Å². The van der Waals surface area contributed by atoms with Gasteiger partial charge < -0.3 is 10.2 Å². The molecule has 3 heterocycles. The van der Waals surface area contributed by atoms with Crippen LogP contribution in [0, 0.1) is 19.8 Å². The molecule has 0 unspecified atom stereocenters. The van der Waals surface area contributed by atoms with E-state index >= 15 is 0 Å². The van der Waals surface area contributed by atoms with Gasteiger partial charge in [-0.2, -0.15) is 0 Å². The lowest BCUT2D eigenvalue weighted by Gasteiger charge is -2.31. The fourth-order valence-electron chi connectivity index (χ4n) is 4.50. The van der Waals surface area contributed by atoms with Crippen LogP contribution in [0.3, 0.4) is 0 Å². The third-order valence-electron chi connectivity index (χ3n) is 6.20. The van der Waals surface area contributed by atoms with Gasteiger partial charge in [-0.05, 0) is 76.4 Å². The molecule has 2 aliphatic rings. The Balaban J connectivity index is 1.27. The molecule has 2 aromatic rings. The number of carbonyl (C=O) groups is 1. The molecule has 1 aromatic heterocycles. The van der Waals surface area contributed by atoms with Crippen LogP contribution in [0.5, 0.6) is 0 Å². The molecular formula is C24H33N5O. The first-order valence-corrected chi connectivity index (χ1v) is 11.3. The topological polar surface area (TPSA) is 61.4 Å². The van der Waals surface area contributed by atoms with Crippen LogP contribution in [0.25, 0.3) is 0 Å². The highest BCUT2D eigenvalue weighted by Gasteiger charge is 2.26. The van der Waals surface area contributed by atoms with Gasteiger partial charge in [0.25, 0.3) is 0 Å². The Morgan fingerprint density at radius 3 is 2.23 bits per heavy atom. The molecular weight excluding hydrogens is 374 g/mol. The average molecular weight is 408 g/mol. The van der Waals surface area contributed by atoms with Crippen LogP contribution in [0.1, 0.15) is 49.1 Å². The van der Waals surface area contributed by atoms with Crippen molar-refractivity contribution in [3.63, 3.8) is 0 Å². The normalized spacial score (nSPS) is 18.4. The van der Waals surface area contributed by atoms with Crippen LogP contribution in [-0.4, -0.2) is 47.0 Å². The molecule has 1 aromatic carbocycles. The zero-order valence-electron chi connectivity index (χ0n) is 18.2. The molecule has 6 heteroatoms. The number of carbonyl (C=O) groups excluding carboxylic acids is 1. The number of hydrogen-bond acceptors (Lipinski definition) is 5. The van der Waals surface area contributed by atoms with Gasteiger partial charge in [0.1, 0.15) is 0 Å². The predicted molar refractivity (Wildman–Crippen MR) is 121 cm³/mol. The highest BCUT2D eigenvalue weighted by molar-refractivity contribution is 5.92. The van der Waals surface area contributed by atoms with Gasteiger partial charge in [-0.1, -0.05) is 18.6 Å². The largest absolute Gasteiger partial charge is 0.341 e. The summed E-state index contributed by atoms with van der Waals surface area (Å²) < 4.78 is 0. The first-order chi connectivity index (χ1) is 14.6. The molecule has 1 N–H and O–H groups in total. The summed E-state index contributed by atoms with van der Waals surface area (Å²) in [6.45, 7) is 9.03. The van der Waals surface area contributed by atoms with Gasteiger partial charge in [-0.25, -0.2) is 9.97 Å². The Hall–Kier alpha value is -2.47. The van der Waals surface area contributed by atoms with Crippen LogP contribution in [0.15, 0.2) is 30.3 Å². The molecule has 0 atom stereocenters. The standard InChI is InChI=1S/C24H33N5O/c1-18-16-19(2)26-24(25-18)29-14-10-21(11-15-29)23(30)27-22-8-6-20(7-9-22)17-28-12-4-3-5-13-28/h6-9,16,21H,3-5,10-15,17H2,1-2H3,(H,27,30). The number of nitrogens with zero attached hydrogens (tertiary/aromatic N) is 4. The van der Waals surface area contributed by atoms with Crippen molar-refractivity contribution in [2.75, 3.05) is 36.4 Å². The van der Waals surface area contributed by atoms with Crippen LogP contribution >= 0.6 is 0 Å². The summed E-state index contributed by atoms with van der Waals surface area (Å²) in [5, 5.41) is 3.11. The first kappa shape index (κ1) is 20.8. The van der Waals surface area contributed by atoms with Crippen molar-refractivity contribution in [3.05, 3.63) is 47.3 Å². The second kappa shape index (κ2) is 9.56. The number of aryl methyl sites for hydroxylation is 2. The van der Waals surface area contributed by atoms with E-state index in [-0.39, 0.29) is 11.8 Å². The van der Waals surface area contributed by atoms with E-state index in [1.807, 2.05) is 32.0 Å². The Kier molecular flexibility index (Phi) is 6.62. The van der Waals surface area contributed by atoms with E-state index in [2.05, 4.69) is 37.2 Å². The molecule has 160 valence electrons. The zero-order valence-corrected chi connectivity index (χ0v) is 18.2. The number of rotatable bonds is 5. The minimum atomic E-state index is 0.0418. The molecule has 0 bridgehead atoms. The number of nitrogens with one attached hydrogen (secondary N) is 1. The maximum Gasteiger partial charge on any atom is 0.227 e. The van der Waals surface area contributed by atoms with Crippen molar-refractivity contribution in [3.8, 4) is 0 Å². The lowest BCUT2D eigenvalue weighted by atomic mass is 9.96. The molecule has 0 aliphatic carbocycles. The highest BCUT2D eigenvalue weighted by atomic mass is 16.1. The van der Waals surface area contributed by atoms with E-state index in [0.717, 1.165) is 55.5 Å². The van der Waals surface area contributed by atoms with Crippen molar-refractivity contribution in [2.24, 2.45) is 5.92 Å². The summed E-state index contributed by atoms with van der Waals surface area (Å²) in [4.78, 5) is 26.6. The number of benzene rings is 1. The Morgan fingerprint density at radius 2 is 1.60 bits per heavy atom. The Bertz CT molecular complexity index is 832. The minimum Gasteiger partial charge on any atom is -0.341 e. The summed E-state index contributed by atoms with van der Waals surface area (Å²) in [7, 11) is 0. The lowest BCUT2D eigenvalue weighted by molar-refractivity contribution is -0.120. The highest BCUT2D eigenvalue weighted by Crippen LogP contribution is 2.23. The fraction of sp³-hybridized carbons (Fsp3) is 0.542. The third-order valence-corrected chi connectivity index (χ3v) is 6.20. The molecule has 4 rings (SSSR count). The average Bonchev–Trinajstić information content (AvgIpc) is 2.75. The second-order valence-corrected chi connectivity index (χ2v) is 8.74. The molecule has 0 spiro atoms. The molecule has 2 aliphatic heterocycles. The fourth-order valence-corrected chi connectivity index (χ4v) is 4.50. The van der Waals surface area contributed by atoms with Crippen molar-refractivity contribution in [1.82, 2.24) is 14.9 Å². The number of hydrogen-bond donors (Lipinski definition) is 1. The van der Waals surface area contributed by atoms with Gasteiger partial charge in [0.2, 0.25) is 11.9 Å². The quantitative estimate of drug-likeness (QED) is 0.814. The number of anilines is 2. The van der Waals surface area contributed by atoms with Gasteiger partial charge >= 0.3 is 0 Å². The van der Waals surface area contributed by atoms with Gasteiger partial charge in [0, 0.05) is 42.6 Å². The van der Waals surface area contributed by atoms with E-state index in [9.17, 15) is 4.79 Å². The molecule has 0 radical (unpaired) electrons. The maximum absolute atomic E-state index is 12.8. The Morgan fingerprint density at radius 1 is 0.967 bits per heavy atom. The van der Waals surface area contributed by atoms with E-state index in [1.165, 1.54) is 37.9 Å². The van der Waals surface area contributed by atoms with E-state index < -0.39 is 0 Å². The summed E-state index contributed by atoms with van der Waals surface area (Å²) in [5.74, 6) is 0.954. The van der Waals surface area contributed by atoms with Gasteiger partial charge in [0.05, 0.1) is 0 Å². The van der Waals surface area contributed by atoms with Gasteiger partial charge in [-0.3, -0.25) is 9.69 Å². The smallest absolute Gasteiger partial charge is 0.227 e. The van der Waals surface area contributed by atoms with E-state index in [0.29, 0.717) is 0 Å². The predicted octanol–water partition coefficient (Wildman–Crippen LogP) is 3.93. The molecule has 1 amide bonds. The number of amides is 1. The second-order valence-electron chi connectivity index (χ2n) is 8.74. The summed E-state index contributed by atoms with van der Waals surface area (Å²) in [5.41, 5.74) is 4.18. The number of piperidine rings is 2. The van der Waals surface area contributed by atoms with Crippen molar-refractivity contribution in [2.45, 2.75) is 52.5 Å². The lowest BCUT2D eigenvalue weighted by Crippen LogP contribution is -2.39.